The molecular formula is C12H20. The van der Waals surface area contributed by atoms with E-state index in [9.17, 15) is 0 Å². The molecule has 0 heterocycles. The summed E-state index contributed by atoms with van der Waals surface area (Å²) in [5, 5.41) is 0. The van der Waals surface area contributed by atoms with Crippen molar-refractivity contribution in [3.05, 3.63) is 36.5 Å². The molecular weight excluding hydrogens is 144 g/mol. The minimum Gasteiger partial charge on any atom is -0.0956 e. The van der Waals surface area contributed by atoms with Gasteiger partial charge in [-0.3, -0.25) is 0 Å². The van der Waals surface area contributed by atoms with E-state index in [0.717, 1.165) is 11.1 Å². The molecule has 0 N–H and O–H groups in total. The van der Waals surface area contributed by atoms with Gasteiger partial charge in [0.05, 0.1) is 0 Å². The van der Waals surface area contributed by atoms with Crippen LogP contribution in [0.1, 0.15) is 27.7 Å². The molecule has 0 spiro atoms. The van der Waals surface area contributed by atoms with Crippen molar-refractivity contribution in [3.63, 3.8) is 0 Å². The zero-order valence-electron chi connectivity index (χ0n) is 8.72. The van der Waals surface area contributed by atoms with Crippen molar-refractivity contribution in [1.29, 1.82) is 0 Å². The van der Waals surface area contributed by atoms with Gasteiger partial charge in [-0.05, 0) is 11.8 Å². The first-order chi connectivity index (χ1) is 5.45. The maximum absolute atomic E-state index is 3.96. The van der Waals surface area contributed by atoms with Crippen LogP contribution < -0.4 is 0 Å². The molecule has 0 aliphatic rings. The highest BCUT2D eigenvalue weighted by molar-refractivity contribution is 5.26. The van der Waals surface area contributed by atoms with Crippen molar-refractivity contribution < 1.29 is 0 Å². The minimum atomic E-state index is 0.529. The number of allylic oxidation sites excluding steroid dienone is 4. The van der Waals surface area contributed by atoms with Gasteiger partial charge in [0.15, 0.2) is 0 Å². The summed E-state index contributed by atoms with van der Waals surface area (Å²) in [6, 6.07) is 0. The van der Waals surface area contributed by atoms with Crippen molar-refractivity contribution in [2.75, 3.05) is 0 Å². The van der Waals surface area contributed by atoms with Crippen molar-refractivity contribution >= 4 is 0 Å². The third-order valence-electron chi connectivity index (χ3n) is 1.99. The highest BCUT2D eigenvalue weighted by Gasteiger charge is 1.97. The summed E-state index contributed by atoms with van der Waals surface area (Å²) in [5.74, 6) is 1.06. The first-order valence-corrected chi connectivity index (χ1v) is 4.50. The van der Waals surface area contributed by atoms with Crippen LogP contribution in [0.2, 0.25) is 0 Å². The minimum absolute atomic E-state index is 0.529. The van der Waals surface area contributed by atoms with Crippen LogP contribution in [0, 0.1) is 11.8 Å². The summed E-state index contributed by atoms with van der Waals surface area (Å²) in [5.41, 5.74) is 2.33. The van der Waals surface area contributed by atoms with Crippen LogP contribution in [-0.4, -0.2) is 0 Å². The molecule has 0 bridgehead atoms. The molecule has 0 aromatic carbocycles. The lowest BCUT2D eigenvalue weighted by Crippen LogP contribution is -1.90. The highest BCUT2D eigenvalue weighted by atomic mass is 14.0. The monoisotopic (exact) mass is 164 g/mol. The second kappa shape index (κ2) is 4.97. The van der Waals surface area contributed by atoms with E-state index in [0.29, 0.717) is 11.8 Å². The molecule has 0 nitrogen and oxygen atoms in total. The predicted octanol–water partition coefficient (Wildman–Crippen LogP) is 3.97. The van der Waals surface area contributed by atoms with Gasteiger partial charge >= 0.3 is 0 Å². The Morgan fingerprint density at radius 1 is 0.833 bits per heavy atom. The Labute approximate surface area is 76.7 Å². The topological polar surface area (TPSA) is 0 Å². The lowest BCUT2D eigenvalue weighted by atomic mass is 10.0. The summed E-state index contributed by atoms with van der Waals surface area (Å²) >= 11 is 0. The van der Waals surface area contributed by atoms with Crippen LogP contribution >= 0.6 is 0 Å². The van der Waals surface area contributed by atoms with Gasteiger partial charge in [0.1, 0.15) is 0 Å². The SMILES string of the molecule is C=C(/C=C\C(=C)C(C)C)C(C)C. The average Bonchev–Trinajstić information content (AvgIpc) is 1.98. The molecule has 0 heteroatoms. The van der Waals surface area contributed by atoms with E-state index >= 15 is 0 Å². The Kier molecular flexibility index (Phi) is 4.65. The quantitative estimate of drug-likeness (QED) is 0.551. The summed E-state index contributed by atoms with van der Waals surface area (Å²) in [7, 11) is 0. The second-order valence-corrected chi connectivity index (χ2v) is 3.79. The van der Waals surface area contributed by atoms with Crippen molar-refractivity contribution in [2.24, 2.45) is 11.8 Å². The lowest BCUT2D eigenvalue weighted by molar-refractivity contribution is 0.784. The normalized spacial score (nSPS) is 11.5. The van der Waals surface area contributed by atoms with Crippen LogP contribution in [-0.2, 0) is 0 Å². The maximum atomic E-state index is 3.96. The molecule has 0 saturated heterocycles. The third kappa shape index (κ3) is 4.17. The molecule has 0 aliphatic carbocycles. The zero-order chi connectivity index (χ0) is 9.72. The fourth-order valence-electron chi connectivity index (χ4n) is 0.599. The first kappa shape index (κ1) is 11.2. The van der Waals surface area contributed by atoms with Crippen molar-refractivity contribution in [3.8, 4) is 0 Å². The van der Waals surface area contributed by atoms with Gasteiger partial charge in [-0.2, -0.15) is 0 Å². The lowest BCUT2D eigenvalue weighted by Gasteiger charge is -2.05. The van der Waals surface area contributed by atoms with E-state index in [4.69, 9.17) is 0 Å². The molecule has 0 saturated carbocycles. The zero-order valence-corrected chi connectivity index (χ0v) is 8.72. The van der Waals surface area contributed by atoms with Gasteiger partial charge in [0.25, 0.3) is 0 Å². The van der Waals surface area contributed by atoms with Crippen molar-refractivity contribution in [2.45, 2.75) is 27.7 Å². The summed E-state index contributed by atoms with van der Waals surface area (Å²) < 4.78 is 0. The second-order valence-electron chi connectivity index (χ2n) is 3.79. The third-order valence-corrected chi connectivity index (χ3v) is 1.99. The Morgan fingerprint density at radius 3 is 1.25 bits per heavy atom. The predicted molar refractivity (Wildman–Crippen MR) is 57.1 cm³/mol. The summed E-state index contributed by atoms with van der Waals surface area (Å²) in [4.78, 5) is 0. The molecule has 0 rings (SSSR count). The summed E-state index contributed by atoms with van der Waals surface area (Å²) in [6.45, 7) is 16.5. The van der Waals surface area contributed by atoms with E-state index in [1.807, 2.05) is 0 Å². The van der Waals surface area contributed by atoms with Gasteiger partial charge in [-0.15, -0.1) is 0 Å². The highest BCUT2D eigenvalue weighted by Crippen LogP contribution is 2.12. The Morgan fingerprint density at radius 2 is 1.08 bits per heavy atom. The van der Waals surface area contributed by atoms with E-state index in [1.54, 1.807) is 0 Å². The van der Waals surface area contributed by atoms with Gasteiger partial charge in [-0.25, -0.2) is 0 Å². The van der Waals surface area contributed by atoms with Crippen LogP contribution in [0.4, 0.5) is 0 Å². The number of rotatable bonds is 4. The molecule has 0 aromatic heterocycles. The van der Waals surface area contributed by atoms with E-state index in [-0.39, 0.29) is 0 Å². The summed E-state index contributed by atoms with van der Waals surface area (Å²) in [6.07, 6.45) is 4.12. The van der Waals surface area contributed by atoms with Gasteiger partial charge in [0.2, 0.25) is 0 Å². The largest absolute Gasteiger partial charge is 0.0956 e. The van der Waals surface area contributed by atoms with E-state index < -0.39 is 0 Å². The molecule has 0 fully saturated rings. The standard InChI is InChI=1S/C12H20/c1-9(2)11(5)7-8-12(6)10(3)4/h7-10H,5-6H2,1-4H3/b8-7-. The molecule has 0 unspecified atom stereocenters. The smallest absolute Gasteiger partial charge is 0.0225 e. The van der Waals surface area contributed by atoms with Crippen LogP contribution in [0.3, 0.4) is 0 Å². The molecule has 0 atom stereocenters. The van der Waals surface area contributed by atoms with Gasteiger partial charge < -0.3 is 0 Å². The Bertz CT molecular complexity index is 170. The molecule has 0 aromatic rings. The van der Waals surface area contributed by atoms with Gasteiger partial charge in [-0.1, -0.05) is 64.2 Å². The Balaban J connectivity index is 4.08. The maximum Gasteiger partial charge on any atom is -0.0225 e. The molecule has 0 amide bonds. The van der Waals surface area contributed by atoms with Crippen molar-refractivity contribution in [1.82, 2.24) is 0 Å². The number of hydrogen-bond donors (Lipinski definition) is 0. The molecule has 68 valence electrons. The molecule has 12 heavy (non-hydrogen) atoms. The van der Waals surface area contributed by atoms with E-state index in [2.05, 4.69) is 53.0 Å². The molecule has 0 radical (unpaired) electrons. The van der Waals surface area contributed by atoms with Crippen LogP contribution in [0.15, 0.2) is 36.5 Å². The van der Waals surface area contributed by atoms with Crippen LogP contribution in [0.25, 0.3) is 0 Å². The molecule has 0 aliphatic heterocycles. The fourth-order valence-corrected chi connectivity index (χ4v) is 0.599. The Hall–Kier alpha value is -0.780. The fraction of sp³-hybridized carbons (Fsp3) is 0.500. The average molecular weight is 164 g/mol. The number of hydrogen-bond acceptors (Lipinski definition) is 0. The first-order valence-electron chi connectivity index (χ1n) is 4.50. The van der Waals surface area contributed by atoms with E-state index in [1.165, 1.54) is 0 Å². The van der Waals surface area contributed by atoms with Crippen LogP contribution in [0.5, 0.6) is 0 Å². The van der Waals surface area contributed by atoms with Gasteiger partial charge in [0, 0.05) is 0 Å².